The number of hydrogen-bond acceptors (Lipinski definition) is 2. The molecule has 108 valence electrons. The van der Waals surface area contributed by atoms with Crippen LogP contribution in [0.3, 0.4) is 0 Å². The molecule has 0 aliphatic carbocycles. The minimum absolute atomic E-state index is 0. The smallest absolute Gasteiger partial charge is 0.0626 e. The van der Waals surface area contributed by atoms with Gasteiger partial charge in [0.05, 0.1) is 6.61 Å². The molecule has 2 radical (unpaired) electrons. The van der Waals surface area contributed by atoms with E-state index in [-0.39, 0.29) is 52.8 Å². The largest absolute Gasteiger partial charge is 0.562 e. The van der Waals surface area contributed by atoms with Gasteiger partial charge in [0.1, 0.15) is 0 Å². The van der Waals surface area contributed by atoms with Crippen molar-refractivity contribution in [3.63, 3.8) is 0 Å². The summed E-state index contributed by atoms with van der Waals surface area (Å²) >= 11 is 0. The van der Waals surface area contributed by atoms with Gasteiger partial charge in [-0.05, 0) is 5.69 Å². The van der Waals surface area contributed by atoms with Crippen LogP contribution < -0.4 is 4.74 Å². The summed E-state index contributed by atoms with van der Waals surface area (Å²) in [5.41, 5.74) is 4.66. The molecular formula is C18H10IrNOY-3. The Bertz CT molecular complexity index is 777. The summed E-state index contributed by atoms with van der Waals surface area (Å²) in [6, 6.07) is 25.1. The van der Waals surface area contributed by atoms with Crippen molar-refractivity contribution >= 4 is 0 Å². The summed E-state index contributed by atoms with van der Waals surface area (Å²) in [5.74, 6) is 0.764. The summed E-state index contributed by atoms with van der Waals surface area (Å²) in [6.45, 7) is 0.562. The van der Waals surface area contributed by atoms with Crippen molar-refractivity contribution in [1.82, 2.24) is 4.98 Å². The van der Waals surface area contributed by atoms with E-state index in [1.165, 1.54) is 0 Å². The van der Waals surface area contributed by atoms with Crippen molar-refractivity contribution in [2.24, 2.45) is 0 Å². The third-order valence-electron chi connectivity index (χ3n) is 3.32. The van der Waals surface area contributed by atoms with Crippen LogP contribution in [0.1, 0.15) is 5.56 Å². The third-order valence-corrected chi connectivity index (χ3v) is 3.32. The number of nitrogens with zero attached hydrogens (tertiary/aromatic N) is 1. The maximum atomic E-state index is 5.72. The van der Waals surface area contributed by atoms with E-state index in [2.05, 4.69) is 23.2 Å². The van der Waals surface area contributed by atoms with Gasteiger partial charge >= 0.3 is 0 Å². The van der Waals surface area contributed by atoms with Gasteiger partial charge in [-0.25, -0.2) is 17.7 Å². The van der Waals surface area contributed by atoms with E-state index in [1.807, 2.05) is 48.5 Å². The van der Waals surface area contributed by atoms with Crippen LogP contribution in [0.2, 0.25) is 0 Å². The van der Waals surface area contributed by atoms with Gasteiger partial charge in [0.2, 0.25) is 0 Å². The summed E-state index contributed by atoms with van der Waals surface area (Å²) in [5, 5.41) is 0. The normalized spacial score (nSPS) is 11.1. The van der Waals surface area contributed by atoms with Gasteiger partial charge in [0.15, 0.2) is 0 Å². The first-order chi connectivity index (χ1) is 9.92. The second-order valence-electron chi connectivity index (χ2n) is 4.60. The molecule has 1 aliphatic heterocycles. The molecule has 0 N–H and O–H groups in total. The number of rotatable bonds is 1. The van der Waals surface area contributed by atoms with Crippen LogP contribution in [0.5, 0.6) is 5.75 Å². The molecule has 3 aromatic rings. The monoisotopic (exact) mass is 538 g/mol. The molecule has 4 heteroatoms. The molecule has 2 nitrogen and oxygen atoms in total. The summed E-state index contributed by atoms with van der Waals surface area (Å²) < 4.78 is 5.72. The van der Waals surface area contributed by atoms with E-state index in [0.29, 0.717) is 6.61 Å². The van der Waals surface area contributed by atoms with E-state index in [1.54, 1.807) is 0 Å². The topological polar surface area (TPSA) is 22.1 Å². The zero-order valence-corrected chi connectivity index (χ0v) is 16.8. The number of fused-ring (bicyclic) bond motifs is 3. The number of benzene rings is 2. The molecule has 0 atom stereocenters. The van der Waals surface area contributed by atoms with Gasteiger partial charge in [0, 0.05) is 58.6 Å². The Balaban J connectivity index is 0.000000882. The van der Waals surface area contributed by atoms with Crippen molar-refractivity contribution in [2.75, 3.05) is 0 Å². The van der Waals surface area contributed by atoms with Gasteiger partial charge in [-0.15, -0.1) is 41.6 Å². The second-order valence-corrected chi connectivity index (χ2v) is 4.60. The van der Waals surface area contributed by atoms with Gasteiger partial charge in [-0.2, -0.15) is 24.3 Å². The first-order valence-electron chi connectivity index (χ1n) is 6.44. The predicted octanol–water partition coefficient (Wildman–Crippen LogP) is 3.70. The zero-order valence-electron chi connectivity index (χ0n) is 11.6. The first-order valence-corrected chi connectivity index (χ1v) is 6.44. The maximum Gasteiger partial charge on any atom is 0.0626 e. The predicted molar refractivity (Wildman–Crippen MR) is 75.9 cm³/mol. The molecule has 0 bridgehead atoms. The van der Waals surface area contributed by atoms with E-state index in [9.17, 15) is 0 Å². The number of pyridine rings is 1. The maximum absolute atomic E-state index is 5.72. The van der Waals surface area contributed by atoms with Gasteiger partial charge < -0.3 is 9.72 Å². The van der Waals surface area contributed by atoms with Gasteiger partial charge in [0.25, 0.3) is 0 Å². The average Bonchev–Trinajstić information content (AvgIpc) is 2.55. The van der Waals surface area contributed by atoms with Gasteiger partial charge in [-0.3, -0.25) is 0 Å². The molecule has 0 unspecified atom stereocenters. The summed E-state index contributed by atoms with van der Waals surface area (Å²) in [7, 11) is 0. The van der Waals surface area contributed by atoms with Crippen LogP contribution in [0, 0.1) is 18.2 Å². The Morgan fingerprint density at radius 2 is 1.86 bits per heavy atom. The molecule has 0 fully saturated rings. The summed E-state index contributed by atoms with van der Waals surface area (Å²) in [6.07, 6.45) is 0. The van der Waals surface area contributed by atoms with Crippen molar-refractivity contribution in [2.45, 2.75) is 6.61 Å². The fraction of sp³-hybridized carbons (Fsp3) is 0.0556. The van der Waals surface area contributed by atoms with Crippen LogP contribution in [-0.4, -0.2) is 4.98 Å². The third kappa shape index (κ3) is 3.23. The molecule has 2 heterocycles. The fourth-order valence-electron chi connectivity index (χ4n) is 2.34. The van der Waals surface area contributed by atoms with E-state index < -0.39 is 0 Å². The molecule has 22 heavy (non-hydrogen) atoms. The average molecular weight is 537 g/mol. The van der Waals surface area contributed by atoms with Crippen molar-refractivity contribution in [3.8, 4) is 28.3 Å². The van der Waals surface area contributed by atoms with Crippen LogP contribution in [-0.2, 0) is 59.4 Å². The second kappa shape index (κ2) is 7.61. The Labute approximate surface area is 168 Å². The van der Waals surface area contributed by atoms with Gasteiger partial charge in [-0.1, -0.05) is 5.56 Å². The van der Waals surface area contributed by atoms with Crippen LogP contribution in [0.15, 0.2) is 48.5 Å². The molecule has 1 aliphatic rings. The standard InChI is InChI=1S/C18H10NO.Ir.Y/c1-2-6-13(7-3-1)16-10-11-17-18(19-16)15-9-5-4-8-14(15)12-20-17;;/h1-6,8,11H,12H2;;/q-3;;. The van der Waals surface area contributed by atoms with E-state index >= 15 is 0 Å². The Morgan fingerprint density at radius 1 is 1.00 bits per heavy atom. The molecule has 4 rings (SSSR count). The Morgan fingerprint density at radius 3 is 2.68 bits per heavy atom. The molecule has 0 spiro atoms. The fourth-order valence-corrected chi connectivity index (χ4v) is 2.34. The minimum atomic E-state index is 0. The van der Waals surface area contributed by atoms with Crippen LogP contribution >= 0.6 is 0 Å². The number of aromatic nitrogens is 1. The summed E-state index contributed by atoms with van der Waals surface area (Å²) in [4.78, 5) is 4.68. The van der Waals surface area contributed by atoms with Crippen molar-refractivity contribution in [1.29, 1.82) is 0 Å². The first kappa shape index (κ1) is 17.5. The van der Waals surface area contributed by atoms with Crippen molar-refractivity contribution in [3.05, 3.63) is 72.3 Å². The molecule has 0 saturated carbocycles. The Hall–Kier alpha value is -0.857. The quantitative estimate of drug-likeness (QED) is 0.442. The Kier molecular flexibility index (Phi) is 6.05. The molecule has 0 saturated heterocycles. The molecule has 0 amide bonds. The minimum Gasteiger partial charge on any atom is -0.562 e. The number of hydrogen-bond donors (Lipinski definition) is 0. The van der Waals surface area contributed by atoms with E-state index in [4.69, 9.17) is 4.74 Å². The SMILES string of the molecule is [Ir].[Y].[c-]1ccccc1-c1[c-]cc2c(n1)-c1[c-]cccc1CO2. The molecular weight excluding hydrogens is 527 g/mol. The zero-order chi connectivity index (χ0) is 13.4. The van der Waals surface area contributed by atoms with Crippen molar-refractivity contribution < 1.29 is 57.6 Å². The van der Waals surface area contributed by atoms with Crippen LogP contribution in [0.4, 0.5) is 0 Å². The molecule has 2 aromatic carbocycles. The number of ether oxygens (including phenoxy) is 1. The molecule has 1 aromatic heterocycles. The van der Waals surface area contributed by atoms with E-state index in [0.717, 1.165) is 33.8 Å². The van der Waals surface area contributed by atoms with Crippen LogP contribution in [0.25, 0.3) is 22.5 Å².